The zero-order valence-corrected chi connectivity index (χ0v) is 13.9. The van der Waals surface area contributed by atoms with Gasteiger partial charge in [-0.2, -0.15) is 0 Å². The first-order chi connectivity index (χ1) is 8.73. The number of allylic oxidation sites excluding steroid dienone is 3. The molecule has 0 aromatic rings. The van der Waals surface area contributed by atoms with Crippen LogP contribution in [0, 0.1) is 0 Å². The molecule has 1 unspecified atom stereocenters. The molecule has 1 aliphatic heterocycles. The number of unbranched alkanes of at least 4 members (excludes halogenated alkanes) is 6. The lowest BCUT2D eigenvalue weighted by Crippen LogP contribution is -3.00. The molecule has 0 saturated carbocycles. The van der Waals surface area contributed by atoms with E-state index in [4.69, 9.17) is 0 Å². The van der Waals surface area contributed by atoms with E-state index in [0.29, 0.717) is 0 Å². The van der Waals surface area contributed by atoms with Crippen molar-refractivity contribution in [2.24, 2.45) is 0 Å². The van der Waals surface area contributed by atoms with Crippen LogP contribution in [0.1, 0.15) is 71.6 Å². The van der Waals surface area contributed by atoms with Crippen LogP contribution in [-0.4, -0.2) is 18.1 Å². The minimum atomic E-state index is 0. The molecular formula is C17H32ClN. The Morgan fingerprint density at radius 2 is 1.53 bits per heavy atom. The Bertz CT molecular complexity index is 283. The number of nitrogens with zero attached hydrogens (tertiary/aromatic N) is 1. The smallest absolute Gasteiger partial charge is 0.113 e. The van der Waals surface area contributed by atoms with Crippen molar-refractivity contribution < 1.29 is 16.9 Å². The Balaban J connectivity index is 0.00000324. The van der Waals surface area contributed by atoms with E-state index in [-0.39, 0.29) is 12.4 Å². The van der Waals surface area contributed by atoms with Gasteiger partial charge in [0.25, 0.3) is 0 Å². The summed E-state index contributed by atoms with van der Waals surface area (Å²) in [6, 6.07) is 0. The third kappa shape index (κ3) is 6.63. The summed E-state index contributed by atoms with van der Waals surface area (Å²) in [7, 11) is 2.37. The third-order valence-corrected chi connectivity index (χ3v) is 4.12. The average molecular weight is 286 g/mol. The summed E-state index contributed by atoms with van der Waals surface area (Å²) in [6.45, 7) is 5.85. The maximum absolute atomic E-state index is 2.37. The fourth-order valence-corrected chi connectivity index (χ4v) is 2.75. The standard InChI is InChI=1S/C17H32N.ClH/c1-4-6-8-9-10-11-15-18(3)16-12-14-17(18)13-7-5-2;/h12,14,16H,4-11,13,15H2,1-3H3;1H/q+1;/p-1. The summed E-state index contributed by atoms with van der Waals surface area (Å²) < 4.78 is 1.08. The zero-order valence-electron chi connectivity index (χ0n) is 13.1. The van der Waals surface area contributed by atoms with Crippen LogP contribution in [0.2, 0.25) is 0 Å². The van der Waals surface area contributed by atoms with Crippen molar-refractivity contribution in [2.45, 2.75) is 71.6 Å². The summed E-state index contributed by atoms with van der Waals surface area (Å²) in [4.78, 5) is 0. The second-order valence-electron chi connectivity index (χ2n) is 5.86. The molecule has 1 atom stereocenters. The number of quaternary nitrogens is 1. The first kappa shape index (κ1) is 18.7. The zero-order chi connectivity index (χ0) is 13.3. The predicted octanol–water partition coefficient (Wildman–Crippen LogP) is 2.40. The molecule has 0 aromatic carbocycles. The highest BCUT2D eigenvalue weighted by Crippen LogP contribution is 2.27. The van der Waals surface area contributed by atoms with Crippen molar-refractivity contribution in [2.75, 3.05) is 13.6 Å². The molecule has 0 N–H and O–H groups in total. The first-order valence-electron chi connectivity index (χ1n) is 7.97. The molecule has 0 radical (unpaired) electrons. The maximum atomic E-state index is 2.37. The molecule has 0 aliphatic carbocycles. The lowest BCUT2D eigenvalue weighted by molar-refractivity contribution is -0.819. The molecule has 0 spiro atoms. The minimum absolute atomic E-state index is 0. The number of rotatable bonds is 10. The van der Waals surface area contributed by atoms with Gasteiger partial charge in [-0.15, -0.1) is 0 Å². The topological polar surface area (TPSA) is 0 Å². The van der Waals surface area contributed by atoms with Gasteiger partial charge in [0.05, 0.1) is 13.6 Å². The van der Waals surface area contributed by atoms with Gasteiger partial charge in [-0.25, -0.2) is 0 Å². The van der Waals surface area contributed by atoms with Crippen LogP contribution in [0.5, 0.6) is 0 Å². The maximum Gasteiger partial charge on any atom is 0.113 e. The van der Waals surface area contributed by atoms with E-state index < -0.39 is 0 Å². The van der Waals surface area contributed by atoms with E-state index in [2.05, 4.69) is 39.2 Å². The Labute approximate surface area is 126 Å². The number of hydrogen-bond donors (Lipinski definition) is 0. The molecule has 1 rings (SSSR count). The van der Waals surface area contributed by atoms with E-state index in [0.717, 1.165) is 4.48 Å². The Hall–Kier alpha value is -0.270. The lowest BCUT2D eigenvalue weighted by atomic mass is 10.1. The number of halogens is 1. The van der Waals surface area contributed by atoms with E-state index in [1.807, 2.05) is 0 Å². The van der Waals surface area contributed by atoms with Crippen molar-refractivity contribution in [1.29, 1.82) is 0 Å². The largest absolute Gasteiger partial charge is 1.00 e. The highest BCUT2D eigenvalue weighted by Gasteiger charge is 2.26. The van der Waals surface area contributed by atoms with Crippen LogP contribution in [0.4, 0.5) is 0 Å². The molecule has 0 saturated heterocycles. The molecule has 19 heavy (non-hydrogen) atoms. The molecule has 0 amide bonds. The fourth-order valence-electron chi connectivity index (χ4n) is 2.75. The summed E-state index contributed by atoms with van der Waals surface area (Å²) in [5.41, 5.74) is 1.62. The van der Waals surface area contributed by atoms with Crippen molar-refractivity contribution in [3.63, 3.8) is 0 Å². The molecule has 112 valence electrons. The molecule has 1 aliphatic rings. The second-order valence-corrected chi connectivity index (χ2v) is 5.86. The Morgan fingerprint density at radius 3 is 2.21 bits per heavy atom. The van der Waals surface area contributed by atoms with Crippen LogP contribution in [0.25, 0.3) is 0 Å². The Kier molecular flexibility index (Phi) is 10.4. The van der Waals surface area contributed by atoms with Crippen molar-refractivity contribution >= 4 is 0 Å². The third-order valence-electron chi connectivity index (χ3n) is 4.12. The molecule has 0 bridgehead atoms. The van der Waals surface area contributed by atoms with Crippen LogP contribution in [0.3, 0.4) is 0 Å². The summed E-state index contributed by atoms with van der Waals surface area (Å²) in [6.07, 6.45) is 19.2. The molecule has 0 fully saturated rings. The van der Waals surface area contributed by atoms with Crippen molar-refractivity contribution in [3.8, 4) is 0 Å². The second kappa shape index (κ2) is 10.5. The van der Waals surface area contributed by atoms with Crippen LogP contribution >= 0.6 is 0 Å². The van der Waals surface area contributed by atoms with Gasteiger partial charge in [-0.05, 0) is 25.3 Å². The minimum Gasteiger partial charge on any atom is -1.00 e. The molecule has 1 nitrogen and oxygen atoms in total. The van der Waals surface area contributed by atoms with Crippen molar-refractivity contribution in [1.82, 2.24) is 0 Å². The summed E-state index contributed by atoms with van der Waals surface area (Å²) in [5.74, 6) is 0. The van der Waals surface area contributed by atoms with Gasteiger partial charge in [0.1, 0.15) is 11.9 Å². The highest BCUT2D eigenvalue weighted by molar-refractivity contribution is 5.13. The van der Waals surface area contributed by atoms with Gasteiger partial charge < -0.3 is 12.4 Å². The van der Waals surface area contributed by atoms with Crippen LogP contribution < -0.4 is 12.4 Å². The quantitative estimate of drug-likeness (QED) is 0.427. The van der Waals surface area contributed by atoms with Crippen molar-refractivity contribution in [3.05, 3.63) is 24.0 Å². The van der Waals surface area contributed by atoms with Gasteiger partial charge in [0.2, 0.25) is 0 Å². The van der Waals surface area contributed by atoms with E-state index in [1.54, 1.807) is 5.70 Å². The van der Waals surface area contributed by atoms with Gasteiger partial charge in [0, 0.05) is 12.5 Å². The monoisotopic (exact) mass is 285 g/mol. The normalized spacial score (nSPS) is 21.3. The first-order valence-corrected chi connectivity index (χ1v) is 7.97. The van der Waals surface area contributed by atoms with Gasteiger partial charge in [-0.3, -0.25) is 4.48 Å². The average Bonchev–Trinajstić information content (AvgIpc) is 2.73. The van der Waals surface area contributed by atoms with E-state index in [9.17, 15) is 0 Å². The fraction of sp³-hybridized carbons (Fsp3) is 0.765. The summed E-state index contributed by atoms with van der Waals surface area (Å²) in [5, 5.41) is 0. The Morgan fingerprint density at radius 1 is 0.895 bits per heavy atom. The van der Waals surface area contributed by atoms with Gasteiger partial charge >= 0.3 is 0 Å². The number of hydrogen-bond acceptors (Lipinski definition) is 0. The summed E-state index contributed by atoms with van der Waals surface area (Å²) >= 11 is 0. The lowest BCUT2D eigenvalue weighted by Gasteiger charge is -2.29. The van der Waals surface area contributed by atoms with E-state index >= 15 is 0 Å². The molecule has 0 aromatic heterocycles. The van der Waals surface area contributed by atoms with Crippen LogP contribution in [0.15, 0.2) is 24.0 Å². The molecule has 1 heterocycles. The van der Waals surface area contributed by atoms with Crippen LogP contribution in [-0.2, 0) is 0 Å². The molecular weight excluding hydrogens is 254 g/mol. The van der Waals surface area contributed by atoms with Gasteiger partial charge in [0.15, 0.2) is 0 Å². The molecule has 2 heteroatoms. The SMILES string of the molecule is CCCCCCCC[N+]1(C)C=CC=C1CCCC.[Cl-]. The van der Waals surface area contributed by atoms with Gasteiger partial charge in [-0.1, -0.05) is 46.0 Å². The highest BCUT2D eigenvalue weighted by atomic mass is 35.5. The predicted molar refractivity (Wildman–Crippen MR) is 81.2 cm³/mol. The van der Waals surface area contributed by atoms with E-state index in [1.165, 1.54) is 64.3 Å².